The first-order valence-corrected chi connectivity index (χ1v) is 5.02. The van der Waals surface area contributed by atoms with Crippen LogP contribution in [0.1, 0.15) is 11.1 Å². The number of aromatic nitrogens is 1. The molecule has 0 N–H and O–H groups in total. The number of benzene rings is 1. The van der Waals surface area contributed by atoms with Crippen LogP contribution in [-0.4, -0.2) is 4.57 Å². The molecule has 0 saturated heterocycles. The molecule has 86 valence electrons. The van der Waals surface area contributed by atoms with E-state index in [2.05, 4.69) is 0 Å². The summed E-state index contributed by atoms with van der Waals surface area (Å²) < 4.78 is 39.2. The van der Waals surface area contributed by atoms with Crippen molar-refractivity contribution in [2.45, 2.75) is 13.1 Å². The van der Waals surface area contributed by atoms with Crippen molar-refractivity contribution in [2.75, 3.05) is 0 Å². The SMILES string of the molecule is Cc1c(Cl)n(C)c2ccc(C(F)(F)F)cc12. The number of aryl methyl sites for hydroxylation is 2. The highest BCUT2D eigenvalue weighted by molar-refractivity contribution is 6.32. The minimum absolute atomic E-state index is 0.467. The molecule has 0 bridgehead atoms. The fourth-order valence-electron chi connectivity index (χ4n) is 1.77. The molecule has 0 fully saturated rings. The van der Waals surface area contributed by atoms with Gasteiger partial charge in [-0.15, -0.1) is 0 Å². The van der Waals surface area contributed by atoms with Crippen molar-refractivity contribution in [2.24, 2.45) is 7.05 Å². The molecule has 1 nitrogen and oxygen atoms in total. The molecule has 1 aromatic heterocycles. The third-order valence-electron chi connectivity index (χ3n) is 2.69. The lowest BCUT2D eigenvalue weighted by molar-refractivity contribution is -0.137. The molecule has 0 unspecified atom stereocenters. The summed E-state index contributed by atoms with van der Waals surface area (Å²) in [6.45, 7) is 1.71. The number of alkyl halides is 3. The minimum Gasteiger partial charge on any atom is -0.335 e. The van der Waals surface area contributed by atoms with Gasteiger partial charge in [-0.3, -0.25) is 0 Å². The fourth-order valence-corrected chi connectivity index (χ4v) is 1.97. The van der Waals surface area contributed by atoms with E-state index in [0.717, 1.165) is 12.1 Å². The second kappa shape index (κ2) is 3.42. The maximum Gasteiger partial charge on any atom is 0.416 e. The first-order valence-electron chi connectivity index (χ1n) is 4.64. The lowest BCUT2D eigenvalue weighted by Gasteiger charge is -2.06. The van der Waals surface area contributed by atoms with E-state index in [1.165, 1.54) is 6.07 Å². The molecule has 0 aliphatic heterocycles. The van der Waals surface area contributed by atoms with E-state index < -0.39 is 11.7 Å². The van der Waals surface area contributed by atoms with E-state index in [1.54, 1.807) is 18.5 Å². The Kier molecular flexibility index (Phi) is 2.42. The van der Waals surface area contributed by atoms with E-state index in [9.17, 15) is 13.2 Å². The average Bonchev–Trinajstić information content (AvgIpc) is 2.43. The molecule has 0 amide bonds. The Morgan fingerprint density at radius 3 is 2.44 bits per heavy atom. The Labute approximate surface area is 95.4 Å². The van der Waals surface area contributed by atoms with Crippen LogP contribution in [0.3, 0.4) is 0 Å². The third kappa shape index (κ3) is 1.57. The molecule has 5 heteroatoms. The Morgan fingerprint density at radius 1 is 1.25 bits per heavy atom. The standard InChI is InChI=1S/C11H9ClF3N/c1-6-8-5-7(11(13,14)15)3-4-9(8)16(2)10(6)12/h3-5H,1-2H3. The summed E-state index contributed by atoms with van der Waals surface area (Å²) >= 11 is 5.97. The van der Waals surface area contributed by atoms with Crippen molar-refractivity contribution in [1.82, 2.24) is 4.57 Å². The zero-order valence-corrected chi connectivity index (χ0v) is 9.45. The molecule has 1 heterocycles. The van der Waals surface area contributed by atoms with Gasteiger partial charge in [0.1, 0.15) is 5.15 Å². The van der Waals surface area contributed by atoms with Gasteiger partial charge in [0.2, 0.25) is 0 Å². The number of halogens is 4. The van der Waals surface area contributed by atoms with Gasteiger partial charge < -0.3 is 4.57 Å². The van der Waals surface area contributed by atoms with Crippen molar-refractivity contribution in [3.63, 3.8) is 0 Å². The van der Waals surface area contributed by atoms with Gasteiger partial charge in [0.05, 0.1) is 5.56 Å². The van der Waals surface area contributed by atoms with Gasteiger partial charge in [0.15, 0.2) is 0 Å². The monoisotopic (exact) mass is 247 g/mol. The van der Waals surface area contributed by atoms with E-state index in [1.807, 2.05) is 0 Å². The maximum atomic E-state index is 12.5. The van der Waals surface area contributed by atoms with E-state index >= 15 is 0 Å². The van der Waals surface area contributed by atoms with Crippen LogP contribution in [0.2, 0.25) is 5.15 Å². The molecule has 0 saturated carbocycles. The lowest BCUT2D eigenvalue weighted by atomic mass is 10.1. The highest BCUT2D eigenvalue weighted by atomic mass is 35.5. The number of fused-ring (bicyclic) bond motifs is 1. The minimum atomic E-state index is -4.32. The zero-order chi connectivity index (χ0) is 12.1. The average molecular weight is 248 g/mol. The van der Waals surface area contributed by atoms with Gasteiger partial charge in [0, 0.05) is 18.0 Å². The molecule has 0 aliphatic carbocycles. The Hall–Kier alpha value is -1.16. The van der Waals surface area contributed by atoms with Gasteiger partial charge >= 0.3 is 6.18 Å². The van der Waals surface area contributed by atoms with Crippen molar-refractivity contribution >= 4 is 22.5 Å². The van der Waals surface area contributed by atoms with Crippen LogP contribution in [-0.2, 0) is 13.2 Å². The molecule has 0 radical (unpaired) electrons. The van der Waals surface area contributed by atoms with Gasteiger partial charge in [0.25, 0.3) is 0 Å². The van der Waals surface area contributed by atoms with Crippen LogP contribution in [0.5, 0.6) is 0 Å². The Morgan fingerprint density at radius 2 is 1.88 bits per heavy atom. The molecule has 2 rings (SSSR count). The topological polar surface area (TPSA) is 4.93 Å². The van der Waals surface area contributed by atoms with Gasteiger partial charge in [-0.2, -0.15) is 13.2 Å². The second-order valence-corrected chi connectivity index (χ2v) is 4.06. The summed E-state index contributed by atoms with van der Waals surface area (Å²) in [6, 6.07) is 3.64. The molecule has 0 aliphatic rings. The highest BCUT2D eigenvalue weighted by Crippen LogP contribution is 2.34. The summed E-state index contributed by atoms with van der Waals surface area (Å²) in [5.74, 6) is 0. The van der Waals surface area contributed by atoms with Gasteiger partial charge in [-0.05, 0) is 30.7 Å². The molecule has 1 aromatic carbocycles. The van der Waals surface area contributed by atoms with Crippen LogP contribution in [0.25, 0.3) is 10.9 Å². The van der Waals surface area contributed by atoms with Crippen LogP contribution < -0.4 is 0 Å². The Balaban J connectivity index is 2.77. The summed E-state index contributed by atoms with van der Waals surface area (Å²) in [4.78, 5) is 0. The van der Waals surface area contributed by atoms with Crippen LogP contribution >= 0.6 is 11.6 Å². The second-order valence-electron chi connectivity index (χ2n) is 3.70. The molecular weight excluding hydrogens is 239 g/mol. The van der Waals surface area contributed by atoms with Crippen molar-refractivity contribution in [3.05, 3.63) is 34.5 Å². The highest BCUT2D eigenvalue weighted by Gasteiger charge is 2.31. The van der Waals surface area contributed by atoms with Crippen LogP contribution in [0, 0.1) is 6.92 Å². The number of rotatable bonds is 0. The largest absolute Gasteiger partial charge is 0.416 e. The Bertz CT molecular complexity index is 554. The first kappa shape index (κ1) is 11.3. The molecule has 0 atom stereocenters. The summed E-state index contributed by atoms with van der Waals surface area (Å²) in [5.41, 5.74) is 0.728. The van der Waals surface area contributed by atoms with E-state index in [-0.39, 0.29) is 0 Å². The van der Waals surface area contributed by atoms with E-state index in [0.29, 0.717) is 21.6 Å². The first-order chi connectivity index (χ1) is 7.32. The predicted octanol–water partition coefficient (Wildman–Crippen LogP) is 4.16. The van der Waals surface area contributed by atoms with Gasteiger partial charge in [-0.25, -0.2) is 0 Å². The van der Waals surface area contributed by atoms with Gasteiger partial charge in [-0.1, -0.05) is 11.6 Å². The summed E-state index contributed by atoms with van der Waals surface area (Å²) in [5, 5.41) is 1.01. The maximum absolute atomic E-state index is 12.5. The number of hydrogen-bond acceptors (Lipinski definition) is 0. The summed E-state index contributed by atoms with van der Waals surface area (Å²) in [6.07, 6.45) is -4.32. The number of hydrogen-bond donors (Lipinski definition) is 0. The molecular formula is C11H9ClF3N. The van der Waals surface area contributed by atoms with Crippen LogP contribution in [0.15, 0.2) is 18.2 Å². The van der Waals surface area contributed by atoms with Crippen molar-refractivity contribution < 1.29 is 13.2 Å². The predicted molar refractivity (Wildman–Crippen MR) is 57.7 cm³/mol. The smallest absolute Gasteiger partial charge is 0.335 e. The summed E-state index contributed by atoms with van der Waals surface area (Å²) in [7, 11) is 1.73. The third-order valence-corrected chi connectivity index (χ3v) is 3.23. The normalized spacial score (nSPS) is 12.4. The van der Waals surface area contributed by atoms with Crippen molar-refractivity contribution in [1.29, 1.82) is 0 Å². The van der Waals surface area contributed by atoms with E-state index in [4.69, 9.17) is 11.6 Å². The van der Waals surface area contributed by atoms with Crippen LogP contribution in [0.4, 0.5) is 13.2 Å². The fraction of sp³-hybridized carbons (Fsp3) is 0.273. The molecule has 0 spiro atoms. The number of nitrogens with zero attached hydrogens (tertiary/aromatic N) is 1. The lowest BCUT2D eigenvalue weighted by Crippen LogP contribution is -2.04. The molecule has 2 aromatic rings. The molecule has 16 heavy (non-hydrogen) atoms. The zero-order valence-electron chi connectivity index (χ0n) is 8.69. The quantitative estimate of drug-likeness (QED) is 0.659. The van der Waals surface area contributed by atoms with Crippen molar-refractivity contribution in [3.8, 4) is 0 Å².